The molecule has 192 valence electrons. The van der Waals surface area contributed by atoms with Crippen molar-refractivity contribution in [1.29, 1.82) is 0 Å². The minimum atomic E-state index is -0.432. The second-order valence-electron chi connectivity index (χ2n) is 9.25. The lowest BCUT2D eigenvalue weighted by atomic mass is 10.1. The topological polar surface area (TPSA) is 73.2 Å². The van der Waals surface area contributed by atoms with Gasteiger partial charge in [-0.2, -0.15) is 0 Å². The average Bonchev–Trinajstić information content (AvgIpc) is 3.43. The SMILES string of the molecule is CCOC(=O)c1c(C)c(C(=O)Nc2ccc(-c3nc4ccc(C)cc4s3)cc2)c(C)n1Cc1ccccc1. The van der Waals surface area contributed by atoms with Gasteiger partial charge in [0.05, 0.1) is 22.4 Å². The number of esters is 1. The number of thiazole rings is 1. The summed E-state index contributed by atoms with van der Waals surface area (Å²) < 4.78 is 8.36. The van der Waals surface area contributed by atoms with E-state index in [1.165, 1.54) is 5.56 Å². The van der Waals surface area contributed by atoms with Gasteiger partial charge in [0.2, 0.25) is 0 Å². The number of hydrogen-bond acceptors (Lipinski definition) is 5. The van der Waals surface area contributed by atoms with Gasteiger partial charge in [0.15, 0.2) is 0 Å². The van der Waals surface area contributed by atoms with Gasteiger partial charge in [-0.1, -0.05) is 36.4 Å². The Morgan fingerprint density at radius 2 is 1.71 bits per heavy atom. The van der Waals surface area contributed by atoms with Crippen molar-refractivity contribution >= 4 is 39.1 Å². The lowest BCUT2D eigenvalue weighted by Crippen LogP contribution is -2.15. The largest absolute Gasteiger partial charge is 0.461 e. The summed E-state index contributed by atoms with van der Waals surface area (Å²) in [5.74, 6) is -0.695. The smallest absolute Gasteiger partial charge is 0.355 e. The highest BCUT2D eigenvalue weighted by Crippen LogP contribution is 2.32. The molecular formula is C31H29N3O3S. The minimum absolute atomic E-state index is 0.260. The van der Waals surface area contributed by atoms with Crippen LogP contribution < -0.4 is 5.32 Å². The third-order valence-electron chi connectivity index (χ3n) is 6.58. The van der Waals surface area contributed by atoms with Gasteiger partial charge in [-0.15, -0.1) is 11.3 Å². The molecule has 3 aromatic carbocycles. The first-order chi connectivity index (χ1) is 18.4. The van der Waals surface area contributed by atoms with E-state index < -0.39 is 5.97 Å². The van der Waals surface area contributed by atoms with Crippen LogP contribution in [0.5, 0.6) is 0 Å². The Bertz CT molecular complexity index is 1630. The van der Waals surface area contributed by atoms with Gasteiger partial charge in [-0.25, -0.2) is 9.78 Å². The zero-order chi connectivity index (χ0) is 26.8. The number of nitrogens with one attached hydrogen (secondary N) is 1. The van der Waals surface area contributed by atoms with Crippen LogP contribution in [0, 0.1) is 20.8 Å². The monoisotopic (exact) mass is 523 g/mol. The number of aryl methyl sites for hydroxylation is 1. The number of anilines is 1. The average molecular weight is 524 g/mol. The molecule has 0 aliphatic carbocycles. The van der Waals surface area contributed by atoms with Crippen LogP contribution in [0.25, 0.3) is 20.8 Å². The van der Waals surface area contributed by atoms with Gasteiger partial charge in [0, 0.05) is 23.5 Å². The molecule has 0 unspecified atom stereocenters. The Hall–Kier alpha value is -4.23. The Morgan fingerprint density at radius 1 is 0.974 bits per heavy atom. The first kappa shape index (κ1) is 25.4. The molecule has 38 heavy (non-hydrogen) atoms. The van der Waals surface area contributed by atoms with Crippen LogP contribution in [-0.4, -0.2) is 28.0 Å². The van der Waals surface area contributed by atoms with Crippen LogP contribution in [-0.2, 0) is 11.3 Å². The number of rotatable bonds is 7. The molecule has 5 rings (SSSR count). The number of carbonyl (C=O) groups is 2. The van der Waals surface area contributed by atoms with Crippen LogP contribution >= 0.6 is 11.3 Å². The lowest BCUT2D eigenvalue weighted by Gasteiger charge is -2.12. The van der Waals surface area contributed by atoms with Gasteiger partial charge in [0.25, 0.3) is 5.91 Å². The van der Waals surface area contributed by atoms with Crippen molar-refractivity contribution in [3.63, 3.8) is 0 Å². The highest BCUT2D eigenvalue weighted by atomic mass is 32.1. The predicted octanol–water partition coefficient (Wildman–Crippen LogP) is 7.17. The van der Waals surface area contributed by atoms with E-state index in [-0.39, 0.29) is 12.5 Å². The first-order valence-electron chi connectivity index (χ1n) is 12.6. The van der Waals surface area contributed by atoms with Gasteiger partial charge >= 0.3 is 5.97 Å². The highest BCUT2D eigenvalue weighted by molar-refractivity contribution is 7.21. The van der Waals surface area contributed by atoms with E-state index >= 15 is 0 Å². The molecule has 0 saturated carbocycles. The second kappa shape index (κ2) is 10.6. The standard InChI is InChI=1S/C31H29N3O3S/c1-5-37-31(36)28-20(3)27(21(4)34(28)18-22-9-7-6-8-10-22)29(35)32-24-14-12-23(13-15-24)30-33-25-16-11-19(2)17-26(25)38-30/h6-17H,5,18H2,1-4H3,(H,32,35). The molecule has 2 aromatic heterocycles. The molecule has 0 spiro atoms. The van der Waals surface area contributed by atoms with Crippen LogP contribution in [0.3, 0.4) is 0 Å². The van der Waals surface area contributed by atoms with E-state index in [9.17, 15) is 9.59 Å². The molecule has 0 aliphatic heterocycles. The number of carbonyl (C=O) groups excluding carboxylic acids is 2. The number of aromatic nitrogens is 2. The number of amides is 1. The zero-order valence-electron chi connectivity index (χ0n) is 21.9. The number of ether oxygens (including phenoxy) is 1. The van der Waals surface area contributed by atoms with Crippen molar-refractivity contribution in [3.8, 4) is 10.6 Å². The van der Waals surface area contributed by atoms with E-state index in [1.807, 2.05) is 72.2 Å². The quantitative estimate of drug-likeness (QED) is 0.230. The summed E-state index contributed by atoms with van der Waals surface area (Å²) in [4.78, 5) is 31.1. The molecule has 2 heterocycles. The maximum absolute atomic E-state index is 13.5. The summed E-state index contributed by atoms with van der Waals surface area (Å²) in [7, 11) is 0. The fourth-order valence-corrected chi connectivity index (χ4v) is 5.77. The summed E-state index contributed by atoms with van der Waals surface area (Å²) in [6.45, 7) is 8.24. The zero-order valence-corrected chi connectivity index (χ0v) is 22.7. The molecule has 0 bridgehead atoms. The summed E-state index contributed by atoms with van der Waals surface area (Å²) >= 11 is 1.65. The summed E-state index contributed by atoms with van der Waals surface area (Å²) in [6, 6.07) is 23.8. The van der Waals surface area contributed by atoms with Gasteiger partial charge in [-0.05, 0) is 80.8 Å². The number of fused-ring (bicyclic) bond motifs is 1. The molecule has 1 N–H and O–H groups in total. The van der Waals surface area contributed by atoms with Gasteiger partial charge < -0.3 is 14.6 Å². The molecule has 0 atom stereocenters. The van der Waals surface area contributed by atoms with E-state index in [1.54, 1.807) is 25.2 Å². The van der Waals surface area contributed by atoms with Crippen LogP contribution in [0.1, 0.15) is 50.2 Å². The predicted molar refractivity (Wildman–Crippen MR) is 153 cm³/mol. The molecule has 1 amide bonds. The van der Waals surface area contributed by atoms with Crippen LogP contribution in [0.2, 0.25) is 0 Å². The van der Waals surface area contributed by atoms with Crippen molar-refractivity contribution in [2.75, 3.05) is 11.9 Å². The molecule has 0 saturated heterocycles. The normalized spacial score (nSPS) is 11.1. The third-order valence-corrected chi connectivity index (χ3v) is 7.65. The lowest BCUT2D eigenvalue weighted by molar-refractivity contribution is 0.0513. The van der Waals surface area contributed by atoms with Gasteiger partial charge in [0.1, 0.15) is 10.7 Å². The Balaban J connectivity index is 1.42. The Labute approximate surface area is 225 Å². The summed E-state index contributed by atoms with van der Waals surface area (Å²) in [6.07, 6.45) is 0. The van der Waals surface area contributed by atoms with E-state index in [2.05, 4.69) is 24.4 Å². The number of hydrogen-bond donors (Lipinski definition) is 1. The Kier molecular flexibility index (Phi) is 7.11. The summed E-state index contributed by atoms with van der Waals surface area (Å²) in [5.41, 5.74) is 7.09. The molecule has 0 radical (unpaired) electrons. The van der Waals surface area contributed by atoms with Gasteiger partial charge in [-0.3, -0.25) is 4.79 Å². The van der Waals surface area contributed by atoms with E-state index in [0.717, 1.165) is 26.4 Å². The van der Waals surface area contributed by atoms with Crippen molar-refractivity contribution in [3.05, 3.63) is 106 Å². The fraction of sp³-hybridized carbons (Fsp3) is 0.194. The van der Waals surface area contributed by atoms with Crippen LogP contribution in [0.15, 0.2) is 72.8 Å². The first-order valence-corrected chi connectivity index (χ1v) is 13.4. The molecular weight excluding hydrogens is 494 g/mol. The van der Waals surface area contributed by atoms with Crippen molar-refractivity contribution in [2.24, 2.45) is 0 Å². The number of benzene rings is 3. The molecule has 0 aliphatic rings. The second-order valence-corrected chi connectivity index (χ2v) is 10.3. The minimum Gasteiger partial charge on any atom is -0.461 e. The van der Waals surface area contributed by atoms with Crippen molar-refractivity contribution in [1.82, 2.24) is 9.55 Å². The number of nitrogens with zero attached hydrogens (tertiary/aromatic N) is 2. The third kappa shape index (κ3) is 4.97. The highest BCUT2D eigenvalue weighted by Gasteiger charge is 2.27. The van der Waals surface area contributed by atoms with E-state index in [0.29, 0.717) is 34.7 Å². The molecule has 6 nitrogen and oxygen atoms in total. The van der Waals surface area contributed by atoms with E-state index in [4.69, 9.17) is 9.72 Å². The van der Waals surface area contributed by atoms with Crippen molar-refractivity contribution < 1.29 is 14.3 Å². The maximum Gasteiger partial charge on any atom is 0.355 e. The molecule has 7 heteroatoms. The van der Waals surface area contributed by atoms with Crippen molar-refractivity contribution in [2.45, 2.75) is 34.2 Å². The fourth-order valence-electron chi connectivity index (χ4n) is 4.70. The maximum atomic E-state index is 13.5. The Morgan fingerprint density at radius 3 is 2.42 bits per heavy atom. The van der Waals surface area contributed by atoms with Crippen LogP contribution in [0.4, 0.5) is 5.69 Å². The molecule has 0 fully saturated rings. The summed E-state index contributed by atoms with van der Waals surface area (Å²) in [5, 5.41) is 3.94. The molecule has 5 aromatic rings.